The molecule has 0 heterocycles. The number of hydrogen-bond acceptors (Lipinski definition) is 3. The van der Waals surface area contributed by atoms with Gasteiger partial charge in [-0.25, -0.2) is 0 Å². The third-order valence-electron chi connectivity index (χ3n) is 2.25. The summed E-state index contributed by atoms with van der Waals surface area (Å²) in [5, 5.41) is 2.53. The molecule has 3 N–H and O–H groups in total. The van der Waals surface area contributed by atoms with Crippen LogP contribution in [0.5, 0.6) is 0 Å². The van der Waals surface area contributed by atoms with Gasteiger partial charge < -0.3 is 16.0 Å². The summed E-state index contributed by atoms with van der Waals surface area (Å²) in [5.74, 6) is -0.357. The molecule has 15 heavy (non-hydrogen) atoms. The van der Waals surface area contributed by atoms with Crippen molar-refractivity contribution in [2.75, 3.05) is 20.1 Å². The first-order valence-corrected chi connectivity index (χ1v) is 5.30. The molecule has 0 aliphatic carbocycles. The maximum absolute atomic E-state index is 11.3. The van der Waals surface area contributed by atoms with Crippen molar-refractivity contribution in [3.05, 3.63) is 0 Å². The van der Waals surface area contributed by atoms with E-state index in [4.69, 9.17) is 5.73 Å². The minimum Gasteiger partial charge on any atom is -0.346 e. The monoisotopic (exact) mass is 215 g/mol. The lowest BCUT2D eigenvalue weighted by Crippen LogP contribution is -2.45. The van der Waals surface area contributed by atoms with E-state index in [1.807, 2.05) is 13.8 Å². The van der Waals surface area contributed by atoms with E-state index >= 15 is 0 Å². The minimum absolute atomic E-state index is 0.0284. The number of amides is 2. The summed E-state index contributed by atoms with van der Waals surface area (Å²) in [6.45, 7) is 4.50. The van der Waals surface area contributed by atoms with Crippen molar-refractivity contribution in [1.29, 1.82) is 0 Å². The predicted octanol–water partition coefficient (Wildman–Crippen LogP) is -0.292. The second kappa shape index (κ2) is 7.23. The third kappa shape index (κ3) is 5.37. The minimum atomic E-state index is -0.505. The Balaban J connectivity index is 3.85. The number of likely N-dealkylation sites (N-methyl/N-ethyl adjacent to an activating group) is 1. The Morgan fingerprint density at radius 3 is 2.47 bits per heavy atom. The first-order valence-electron chi connectivity index (χ1n) is 5.30. The zero-order valence-corrected chi connectivity index (χ0v) is 9.75. The molecule has 0 aromatic rings. The molecule has 0 rings (SSSR count). The average molecular weight is 215 g/mol. The third-order valence-corrected chi connectivity index (χ3v) is 2.25. The molecule has 1 atom stereocenters. The number of hydrogen-bond donors (Lipinski definition) is 2. The topological polar surface area (TPSA) is 75.4 Å². The fourth-order valence-electron chi connectivity index (χ4n) is 1.05. The largest absolute Gasteiger partial charge is 0.346 e. The van der Waals surface area contributed by atoms with Crippen LogP contribution in [0.15, 0.2) is 0 Å². The van der Waals surface area contributed by atoms with Crippen LogP contribution in [0.3, 0.4) is 0 Å². The van der Waals surface area contributed by atoms with Crippen molar-refractivity contribution < 1.29 is 9.59 Å². The van der Waals surface area contributed by atoms with Crippen LogP contribution in [-0.4, -0.2) is 42.9 Å². The van der Waals surface area contributed by atoms with Crippen LogP contribution < -0.4 is 11.1 Å². The summed E-state index contributed by atoms with van der Waals surface area (Å²) in [7, 11) is 1.69. The smallest absolute Gasteiger partial charge is 0.241 e. The molecule has 88 valence electrons. The Hall–Kier alpha value is -1.10. The first-order chi connectivity index (χ1) is 7.02. The summed E-state index contributed by atoms with van der Waals surface area (Å²) >= 11 is 0. The summed E-state index contributed by atoms with van der Waals surface area (Å²) in [4.78, 5) is 24.2. The summed E-state index contributed by atoms with van der Waals surface area (Å²) in [6, 6.07) is -0.505. The van der Waals surface area contributed by atoms with E-state index in [2.05, 4.69) is 5.32 Å². The molecule has 0 spiro atoms. The van der Waals surface area contributed by atoms with Gasteiger partial charge in [0.25, 0.3) is 0 Å². The van der Waals surface area contributed by atoms with Gasteiger partial charge in [-0.1, -0.05) is 13.3 Å². The Morgan fingerprint density at radius 2 is 2.00 bits per heavy atom. The van der Waals surface area contributed by atoms with Gasteiger partial charge in [0.1, 0.15) is 0 Å². The van der Waals surface area contributed by atoms with Gasteiger partial charge in [0.05, 0.1) is 12.6 Å². The molecule has 5 heteroatoms. The lowest BCUT2D eigenvalue weighted by molar-refractivity contribution is -0.132. The summed E-state index contributed by atoms with van der Waals surface area (Å²) in [5.41, 5.74) is 5.59. The van der Waals surface area contributed by atoms with E-state index in [0.29, 0.717) is 13.0 Å². The fourth-order valence-corrected chi connectivity index (χ4v) is 1.05. The molecule has 0 unspecified atom stereocenters. The van der Waals surface area contributed by atoms with Crippen molar-refractivity contribution in [2.45, 2.75) is 32.7 Å². The van der Waals surface area contributed by atoms with Crippen molar-refractivity contribution in [3.8, 4) is 0 Å². The summed E-state index contributed by atoms with van der Waals surface area (Å²) in [6.07, 6.45) is 1.50. The highest BCUT2D eigenvalue weighted by Crippen LogP contribution is 1.92. The quantitative estimate of drug-likeness (QED) is 0.639. The van der Waals surface area contributed by atoms with E-state index in [1.165, 1.54) is 0 Å². The number of nitrogens with one attached hydrogen (secondary N) is 1. The normalized spacial score (nSPS) is 12.0. The Kier molecular flexibility index (Phi) is 6.70. The van der Waals surface area contributed by atoms with Gasteiger partial charge in [-0.05, 0) is 13.3 Å². The zero-order valence-electron chi connectivity index (χ0n) is 9.75. The maximum Gasteiger partial charge on any atom is 0.241 e. The van der Waals surface area contributed by atoms with Crippen LogP contribution in [0.1, 0.15) is 26.7 Å². The second-order valence-corrected chi connectivity index (χ2v) is 3.52. The Morgan fingerprint density at radius 1 is 1.40 bits per heavy atom. The number of nitrogens with two attached hydrogens (primary N) is 1. The van der Waals surface area contributed by atoms with Crippen LogP contribution in [0, 0.1) is 0 Å². The SMILES string of the molecule is CCC[C@@H](N)C(=O)NCC(=O)N(C)CC. The van der Waals surface area contributed by atoms with Crippen LogP contribution in [0.2, 0.25) is 0 Å². The highest BCUT2D eigenvalue weighted by Gasteiger charge is 2.14. The molecule has 0 aliphatic heterocycles. The maximum atomic E-state index is 11.3. The number of nitrogens with zero attached hydrogens (tertiary/aromatic N) is 1. The number of rotatable bonds is 6. The van der Waals surface area contributed by atoms with Gasteiger partial charge in [-0.15, -0.1) is 0 Å². The van der Waals surface area contributed by atoms with Gasteiger partial charge in [0, 0.05) is 13.6 Å². The van der Waals surface area contributed by atoms with E-state index in [9.17, 15) is 9.59 Å². The van der Waals surface area contributed by atoms with Crippen LogP contribution in [-0.2, 0) is 9.59 Å². The van der Waals surface area contributed by atoms with Crippen LogP contribution in [0.25, 0.3) is 0 Å². The fraction of sp³-hybridized carbons (Fsp3) is 0.800. The first kappa shape index (κ1) is 13.9. The zero-order chi connectivity index (χ0) is 11.8. The molecule has 0 aliphatic rings. The second-order valence-electron chi connectivity index (χ2n) is 3.52. The lowest BCUT2D eigenvalue weighted by Gasteiger charge is -2.16. The van der Waals surface area contributed by atoms with Gasteiger partial charge in [-0.2, -0.15) is 0 Å². The summed E-state index contributed by atoms with van der Waals surface area (Å²) < 4.78 is 0. The van der Waals surface area contributed by atoms with Crippen molar-refractivity contribution in [1.82, 2.24) is 10.2 Å². The number of carbonyl (C=O) groups is 2. The van der Waals surface area contributed by atoms with E-state index in [1.54, 1.807) is 11.9 Å². The van der Waals surface area contributed by atoms with Gasteiger partial charge in [-0.3, -0.25) is 9.59 Å². The molecule has 0 radical (unpaired) electrons. The van der Waals surface area contributed by atoms with Crippen molar-refractivity contribution >= 4 is 11.8 Å². The highest BCUT2D eigenvalue weighted by molar-refractivity contribution is 5.87. The van der Waals surface area contributed by atoms with Crippen LogP contribution >= 0.6 is 0 Å². The van der Waals surface area contributed by atoms with E-state index < -0.39 is 6.04 Å². The molecule has 0 bridgehead atoms. The molecule has 0 aromatic carbocycles. The van der Waals surface area contributed by atoms with Crippen LogP contribution in [0.4, 0.5) is 0 Å². The van der Waals surface area contributed by atoms with Gasteiger partial charge in [0.2, 0.25) is 11.8 Å². The average Bonchev–Trinajstić information content (AvgIpc) is 2.24. The van der Waals surface area contributed by atoms with Gasteiger partial charge in [0.15, 0.2) is 0 Å². The van der Waals surface area contributed by atoms with E-state index in [-0.39, 0.29) is 18.4 Å². The van der Waals surface area contributed by atoms with E-state index in [0.717, 1.165) is 6.42 Å². The van der Waals surface area contributed by atoms with Crippen molar-refractivity contribution in [2.24, 2.45) is 5.73 Å². The number of carbonyl (C=O) groups excluding carboxylic acids is 2. The van der Waals surface area contributed by atoms with Crippen molar-refractivity contribution in [3.63, 3.8) is 0 Å². The molecule has 0 aromatic heterocycles. The molecular formula is C10H21N3O2. The molecule has 0 saturated heterocycles. The molecule has 5 nitrogen and oxygen atoms in total. The molecule has 2 amide bonds. The molecule has 0 saturated carbocycles. The van der Waals surface area contributed by atoms with Gasteiger partial charge >= 0.3 is 0 Å². The molecule has 0 fully saturated rings. The Labute approximate surface area is 91.0 Å². The molecular weight excluding hydrogens is 194 g/mol. The lowest BCUT2D eigenvalue weighted by atomic mass is 10.2. The highest BCUT2D eigenvalue weighted by atomic mass is 16.2. The predicted molar refractivity (Wildman–Crippen MR) is 59.2 cm³/mol. The standard InChI is InChI=1S/C10H21N3O2/c1-4-6-8(11)10(15)12-7-9(14)13(3)5-2/h8H,4-7,11H2,1-3H3,(H,12,15)/t8-/m1/s1. The Bertz CT molecular complexity index is 219.